The molecule has 2 aromatic rings. The minimum atomic E-state index is -0.911. The van der Waals surface area contributed by atoms with Gasteiger partial charge < -0.3 is 5.11 Å². The molecule has 0 bridgehead atoms. The monoisotopic (exact) mass is 210 g/mol. The lowest BCUT2D eigenvalue weighted by Gasteiger charge is -1.85. The van der Waals surface area contributed by atoms with Gasteiger partial charge in [0.15, 0.2) is 11.2 Å². The average molecular weight is 210 g/mol. The van der Waals surface area contributed by atoms with Crippen molar-refractivity contribution in [2.75, 3.05) is 0 Å². The summed E-state index contributed by atoms with van der Waals surface area (Å²) in [6.45, 7) is 0. The molecule has 2 aromatic heterocycles. The smallest absolute Gasteiger partial charge is 0.309 e. The second-order valence-corrected chi connectivity index (χ2v) is 3.78. The van der Waals surface area contributed by atoms with Gasteiger partial charge in [-0.05, 0) is 0 Å². The van der Waals surface area contributed by atoms with E-state index < -0.39 is 5.97 Å². The van der Waals surface area contributed by atoms with Crippen molar-refractivity contribution in [1.29, 1.82) is 0 Å². The van der Waals surface area contributed by atoms with Gasteiger partial charge in [0.2, 0.25) is 0 Å². The summed E-state index contributed by atoms with van der Waals surface area (Å²) in [6.07, 6.45) is 3.90. The van der Waals surface area contributed by atoms with Gasteiger partial charge in [-0.15, -0.1) is 0 Å². The van der Waals surface area contributed by atoms with E-state index in [9.17, 15) is 9.59 Å². The molecule has 0 saturated heterocycles. The Hall–Kier alpha value is -1.69. The molecule has 1 N–H and O–H groups in total. The predicted molar refractivity (Wildman–Crippen MR) is 49.8 cm³/mol. The van der Waals surface area contributed by atoms with Crippen LogP contribution in [0.2, 0.25) is 0 Å². The number of aliphatic carboxylic acids is 1. The summed E-state index contributed by atoms with van der Waals surface area (Å²) < 4.78 is 1.66. The summed E-state index contributed by atoms with van der Waals surface area (Å²) in [5.74, 6) is -0.911. The molecular weight excluding hydrogens is 204 g/mol. The van der Waals surface area contributed by atoms with E-state index in [4.69, 9.17) is 5.11 Å². The molecule has 2 heterocycles. The van der Waals surface area contributed by atoms with Crippen molar-refractivity contribution < 1.29 is 14.7 Å². The molecule has 0 fully saturated rings. The zero-order valence-electron chi connectivity index (χ0n) is 7.01. The molecule has 72 valence electrons. The van der Waals surface area contributed by atoms with E-state index in [0.717, 1.165) is 6.29 Å². The maximum absolute atomic E-state index is 10.4. The highest BCUT2D eigenvalue weighted by Gasteiger charge is 2.08. The van der Waals surface area contributed by atoms with E-state index in [2.05, 4.69) is 4.98 Å². The molecule has 0 radical (unpaired) electrons. The first-order chi connectivity index (χ1) is 6.69. The van der Waals surface area contributed by atoms with Crippen LogP contribution < -0.4 is 0 Å². The molecule has 0 unspecified atom stereocenters. The van der Waals surface area contributed by atoms with Crippen LogP contribution >= 0.6 is 11.3 Å². The van der Waals surface area contributed by atoms with Gasteiger partial charge in [-0.25, -0.2) is 4.98 Å². The van der Waals surface area contributed by atoms with Crippen LogP contribution in [0.3, 0.4) is 0 Å². The molecule has 2 rings (SSSR count). The number of carboxylic acid groups (broad SMARTS) is 1. The molecule has 0 aliphatic carbocycles. The first-order valence-electron chi connectivity index (χ1n) is 3.83. The van der Waals surface area contributed by atoms with E-state index in [0.29, 0.717) is 15.5 Å². The van der Waals surface area contributed by atoms with E-state index in [-0.39, 0.29) is 6.42 Å². The van der Waals surface area contributed by atoms with E-state index in [1.807, 2.05) is 0 Å². The normalized spacial score (nSPS) is 10.6. The Bertz CT molecular complexity index is 468. The molecule has 0 aliphatic heterocycles. The lowest BCUT2D eigenvalue weighted by atomic mass is 10.3. The van der Waals surface area contributed by atoms with Crippen LogP contribution in [0.25, 0.3) is 4.96 Å². The second kappa shape index (κ2) is 3.22. The van der Waals surface area contributed by atoms with Crippen LogP contribution in [0.5, 0.6) is 0 Å². The predicted octanol–water partition coefficient (Wildman–Crippen LogP) is 0.835. The quantitative estimate of drug-likeness (QED) is 0.762. The lowest BCUT2D eigenvalue weighted by molar-refractivity contribution is -0.136. The number of carbonyl (C=O) groups excluding carboxylic acids is 1. The van der Waals surface area contributed by atoms with E-state index in [1.165, 1.54) is 11.3 Å². The Balaban J connectivity index is 2.39. The van der Waals surface area contributed by atoms with Crippen molar-refractivity contribution in [2.24, 2.45) is 0 Å². The summed E-state index contributed by atoms with van der Waals surface area (Å²) in [5, 5.41) is 8.53. The van der Waals surface area contributed by atoms with Crippen LogP contribution in [0.1, 0.15) is 15.4 Å². The first-order valence-corrected chi connectivity index (χ1v) is 4.65. The second-order valence-electron chi connectivity index (χ2n) is 2.74. The van der Waals surface area contributed by atoms with Crippen molar-refractivity contribution >= 4 is 28.6 Å². The highest BCUT2D eigenvalue weighted by molar-refractivity contribution is 7.18. The molecule has 0 atom stereocenters. The highest BCUT2D eigenvalue weighted by Crippen LogP contribution is 2.16. The SMILES string of the molecule is O=Cc1cn2cc(CC(=O)O)nc2s1. The summed E-state index contributed by atoms with van der Waals surface area (Å²) >= 11 is 1.24. The number of imidazole rings is 1. The Labute approximate surface area is 82.6 Å². The Morgan fingerprint density at radius 2 is 2.43 bits per heavy atom. The van der Waals surface area contributed by atoms with Crippen molar-refractivity contribution in [3.8, 4) is 0 Å². The molecular formula is C8H6N2O3S. The fourth-order valence-electron chi connectivity index (χ4n) is 1.16. The van der Waals surface area contributed by atoms with E-state index >= 15 is 0 Å². The number of rotatable bonds is 3. The fraction of sp³-hybridized carbons (Fsp3) is 0.125. The van der Waals surface area contributed by atoms with Crippen LogP contribution in [-0.4, -0.2) is 26.7 Å². The molecule has 0 saturated carbocycles. The van der Waals surface area contributed by atoms with Gasteiger partial charge in [0.25, 0.3) is 0 Å². The maximum Gasteiger partial charge on any atom is 0.309 e. The highest BCUT2D eigenvalue weighted by atomic mass is 32.1. The zero-order chi connectivity index (χ0) is 10.1. The average Bonchev–Trinajstić information content (AvgIpc) is 2.59. The van der Waals surface area contributed by atoms with Crippen LogP contribution in [-0.2, 0) is 11.2 Å². The first kappa shape index (κ1) is 8.89. The molecule has 0 aliphatic rings. The Kier molecular flexibility index (Phi) is 2.05. The number of nitrogens with zero attached hydrogens (tertiary/aromatic N) is 2. The van der Waals surface area contributed by atoms with Crippen LogP contribution in [0.4, 0.5) is 0 Å². The summed E-state index contributed by atoms with van der Waals surface area (Å²) in [4.78, 5) is 26.1. The standard InChI is InChI=1S/C8H6N2O3S/c11-4-6-3-10-2-5(1-7(12)13)9-8(10)14-6/h2-4H,1H2,(H,12,13). The van der Waals surface area contributed by atoms with Gasteiger partial charge in [0.05, 0.1) is 17.0 Å². The number of hydrogen-bond donors (Lipinski definition) is 1. The van der Waals surface area contributed by atoms with Gasteiger partial charge in [0, 0.05) is 12.4 Å². The Morgan fingerprint density at radius 1 is 1.64 bits per heavy atom. The molecule has 5 nitrogen and oxygen atoms in total. The number of aromatic nitrogens is 2. The van der Waals surface area contributed by atoms with Gasteiger partial charge in [-0.1, -0.05) is 11.3 Å². The van der Waals surface area contributed by atoms with Gasteiger partial charge in [0.1, 0.15) is 0 Å². The van der Waals surface area contributed by atoms with Crippen molar-refractivity contribution in [3.05, 3.63) is 23.0 Å². The minimum absolute atomic E-state index is 0.0924. The third-order valence-corrected chi connectivity index (χ3v) is 2.59. The van der Waals surface area contributed by atoms with Gasteiger partial charge in [-0.2, -0.15) is 0 Å². The molecule has 0 aromatic carbocycles. The topological polar surface area (TPSA) is 71.7 Å². The summed E-state index contributed by atoms with van der Waals surface area (Å²) in [5.41, 5.74) is 0.501. The summed E-state index contributed by atoms with van der Waals surface area (Å²) in [6, 6.07) is 0. The summed E-state index contributed by atoms with van der Waals surface area (Å²) in [7, 11) is 0. The largest absolute Gasteiger partial charge is 0.481 e. The van der Waals surface area contributed by atoms with Gasteiger partial charge >= 0.3 is 5.97 Å². The third-order valence-electron chi connectivity index (χ3n) is 1.67. The molecule has 0 spiro atoms. The van der Waals surface area contributed by atoms with Gasteiger partial charge in [-0.3, -0.25) is 14.0 Å². The Morgan fingerprint density at radius 3 is 3.00 bits per heavy atom. The number of fused-ring (bicyclic) bond motifs is 1. The van der Waals surface area contributed by atoms with Crippen molar-refractivity contribution in [3.63, 3.8) is 0 Å². The molecule has 6 heteroatoms. The van der Waals surface area contributed by atoms with Crippen LogP contribution in [0.15, 0.2) is 12.4 Å². The molecule has 14 heavy (non-hydrogen) atoms. The van der Waals surface area contributed by atoms with Crippen molar-refractivity contribution in [1.82, 2.24) is 9.38 Å². The van der Waals surface area contributed by atoms with Crippen LogP contribution in [0, 0.1) is 0 Å². The zero-order valence-corrected chi connectivity index (χ0v) is 7.82. The third kappa shape index (κ3) is 1.51. The number of hydrogen-bond acceptors (Lipinski definition) is 4. The van der Waals surface area contributed by atoms with E-state index in [1.54, 1.807) is 16.8 Å². The number of aldehydes is 1. The number of carboxylic acids is 1. The fourth-order valence-corrected chi connectivity index (χ4v) is 1.96. The maximum atomic E-state index is 10.4. The lowest BCUT2D eigenvalue weighted by Crippen LogP contribution is -1.99. The number of thiazole rings is 1. The molecule has 0 amide bonds. The minimum Gasteiger partial charge on any atom is -0.481 e. The number of carbonyl (C=O) groups is 2. The van der Waals surface area contributed by atoms with Crippen molar-refractivity contribution in [2.45, 2.75) is 6.42 Å².